The standard InChI is InChI=1S/C30H35NO4S/c1-2-3-4-5-11-23-31(36(34,35)24-22-25-12-7-6-8-13-25)29-15-10-9-14-27(29)19-16-26-17-20-28(21-18-26)30(32)33/h6-10,12-15,17-18,20-22,24H,2-5,11,16,19,23H2,1H3,(H,32,33). The molecule has 0 saturated carbocycles. The normalized spacial score (nSPS) is 11.6. The Balaban J connectivity index is 1.84. The molecule has 0 unspecified atom stereocenters. The zero-order chi connectivity index (χ0) is 25.8. The van der Waals surface area contributed by atoms with E-state index in [0.29, 0.717) is 25.1 Å². The van der Waals surface area contributed by atoms with Gasteiger partial charge in [-0.1, -0.05) is 93.3 Å². The minimum absolute atomic E-state index is 0.254. The van der Waals surface area contributed by atoms with Crippen LogP contribution in [0.4, 0.5) is 5.69 Å². The van der Waals surface area contributed by atoms with Crippen molar-refractivity contribution in [1.82, 2.24) is 0 Å². The van der Waals surface area contributed by atoms with Gasteiger partial charge in [0, 0.05) is 6.54 Å². The van der Waals surface area contributed by atoms with Gasteiger partial charge in [0.15, 0.2) is 0 Å². The second kappa shape index (κ2) is 13.6. The molecule has 0 aliphatic carbocycles. The van der Waals surface area contributed by atoms with Gasteiger partial charge in [0.2, 0.25) is 0 Å². The Bertz CT molecular complexity index is 1240. The zero-order valence-electron chi connectivity index (χ0n) is 20.8. The van der Waals surface area contributed by atoms with E-state index in [9.17, 15) is 13.2 Å². The highest BCUT2D eigenvalue weighted by molar-refractivity contribution is 7.95. The molecule has 1 N–H and O–H groups in total. The number of para-hydroxylation sites is 1. The summed E-state index contributed by atoms with van der Waals surface area (Å²) in [7, 11) is -3.70. The van der Waals surface area contributed by atoms with E-state index in [-0.39, 0.29) is 5.56 Å². The molecule has 0 aliphatic rings. The second-order valence-electron chi connectivity index (χ2n) is 8.88. The highest BCUT2D eigenvalue weighted by Crippen LogP contribution is 2.27. The number of hydrogen-bond donors (Lipinski definition) is 1. The van der Waals surface area contributed by atoms with Crippen LogP contribution in [0.15, 0.2) is 84.3 Å². The Morgan fingerprint density at radius 1 is 0.833 bits per heavy atom. The summed E-state index contributed by atoms with van der Waals surface area (Å²) in [4.78, 5) is 11.1. The van der Waals surface area contributed by atoms with Crippen molar-refractivity contribution in [3.8, 4) is 0 Å². The fourth-order valence-electron chi connectivity index (χ4n) is 4.10. The molecule has 0 spiro atoms. The quantitative estimate of drug-likeness (QED) is 0.241. The summed E-state index contributed by atoms with van der Waals surface area (Å²) in [6.07, 6.45) is 8.14. The van der Waals surface area contributed by atoms with Gasteiger partial charge in [-0.25, -0.2) is 13.2 Å². The molecule has 0 radical (unpaired) electrons. The molecule has 0 aromatic heterocycles. The topological polar surface area (TPSA) is 74.7 Å². The Morgan fingerprint density at radius 3 is 2.19 bits per heavy atom. The van der Waals surface area contributed by atoms with Crippen LogP contribution in [0.3, 0.4) is 0 Å². The van der Waals surface area contributed by atoms with Crippen molar-refractivity contribution in [1.29, 1.82) is 0 Å². The zero-order valence-corrected chi connectivity index (χ0v) is 21.7. The van der Waals surface area contributed by atoms with Crippen LogP contribution >= 0.6 is 0 Å². The number of hydrogen-bond acceptors (Lipinski definition) is 3. The van der Waals surface area contributed by atoms with Crippen molar-refractivity contribution >= 4 is 27.8 Å². The predicted molar refractivity (Wildman–Crippen MR) is 148 cm³/mol. The van der Waals surface area contributed by atoms with Crippen molar-refractivity contribution in [2.45, 2.75) is 51.9 Å². The average Bonchev–Trinajstić information content (AvgIpc) is 2.89. The number of rotatable bonds is 14. The molecular formula is C30H35NO4S. The molecule has 0 bridgehead atoms. The van der Waals surface area contributed by atoms with Crippen molar-refractivity contribution in [3.05, 3.63) is 107 Å². The number of sulfonamides is 1. The van der Waals surface area contributed by atoms with Crippen LogP contribution in [0.1, 0.15) is 66.1 Å². The van der Waals surface area contributed by atoms with Crippen LogP contribution < -0.4 is 4.31 Å². The number of carbonyl (C=O) groups is 1. The first-order valence-electron chi connectivity index (χ1n) is 12.6. The molecule has 36 heavy (non-hydrogen) atoms. The first-order chi connectivity index (χ1) is 17.4. The van der Waals surface area contributed by atoms with Gasteiger partial charge in [0.25, 0.3) is 10.0 Å². The van der Waals surface area contributed by atoms with E-state index >= 15 is 0 Å². The van der Waals surface area contributed by atoms with Crippen LogP contribution in [0.25, 0.3) is 6.08 Å². The number of aromatic carboxylic acids is 1. The molecule has 0 saturated heterocycles. The van der Waals surface area contributed by atoms with Crippen LogP contribution in [0, 0.1) is 0 Å². The highest BCUT2D eigenvalue weighted by Gasteiger charge is 2.22. The summed E-state index contributed by atoms with van der Waals surface area (Å²) in [5.41, 5.74) is 3.75. The number of nitrogens with zero attached hydrogens (tertiary/aromatic N) is 1. The summed E-state index contributed by atoms with van der Waals surface area (Å²) < 4.78 is 28.6. The SMILES string of the molecule is CCCCCCCN(c1ccccc1CCc1ccc(C(=O)O)cc1)S(=O)(=O)C=Cc1ccccc1. The van der Waals surface area contributed by atoms with E-state index in [1.807, 2.05) is 66.7 Å². The molecule has 190 valence electrons. The first-order valence-corrected chi connectivity index (χ1v) is 14.1. The minimum atomic E-state index is -3.70. The lowest BCUT2D eigenvalue weighted by Gasteiger charge is -2.25. The van der Waals surface area contributed by atoms with Crippen LogP contribution in [0.2, 0.25) is 0 Å². The minimum Gasteiger partial charge on any atom is -0.478 e. The maximum absolute atomic E-state index is 13.5. The molecule has 3 rings (SSSR count). The maximum atomic E-state index is 13.5. The number of carboxylic acids is 1. The molecule has 0 atom stereocenters. The molecule has 3 aromatic rings. The van der Waals surface area contributed by atoms with Gasteiger partial charge >= 0.3 is 5.97 Å². The Kier molecular flexibility index (Phi) is 10.3. The number of unbranched alkanes of at least 4 members (excludes halogenated alkanes) is 4. The smallest absolute Gasteiger partial charge is 0.335 e. The summed E-state index contributed by atoms with van der Waals surface area (Å²) in [5.74, 6) is -0.949. The Morgan fingerprint density at radius 2 is 1.50 bits per heavy atom. The van der Waals surface area contributed by atoms with E-state index in [0.717, 1.165) is 48.8 Å². The highest BCUT2D eigenvalue weighted by atomic mass is 32.2. The molecule has 3 aromatic carbocycles. The summed E-state index contributed by atoms with van der Waals surface area (Å²) >= 11 is 0. The van der Waals surface area contributed by atoms with Gasteiger partial charge < -0.3 is 5.11 Å². The lowest BCUT2D eigenvalue weighted by Crippen LogP contribution is -2.31. The molecular weight excluding hydrogens is 470 g/mol. The van der Waals surface area contributed by atoms with Gasteiger partial charge in [-0.3, -0.25) is 4.31 Å². The number of carboxylic acid groups (broad SMARTS) is 1. The van der Waals surface area contributed by atoms with Crippen LogP contribution in [-0.2, 0) is 22.9 Å². The summed E-state index contributed by atoms with van der Waals surface area (Å²) in [6.45, 7) is 2.59. The third-order valence-electron chi connectivity index (χ3n) is 6.15. The van der Waals surface area contributed by atoms with Crippen molar-refractivity contribution in [2.75, 3.05) is 10.8 Å². The van der Waals surface area contributed by atoms with E-state index in [4.69, 9.17) is 5.11 Å². The fourth-order valence-corrected chi connectivity index (χ4v) is 5.42. The number of benzene rings is 3. The monoisotopic (exact) mass is 505 g/mol. The third kappa shape index (κ3) is 8.09. The van der Waals surface area contributed by atoms with Crippen LogP contribution in [-0.4, -0.2) is 26.0 Å². The molecule has 0 heterocycles. The third-order valence-corrected chi connectivity index (χ3v) is 7.62. The lowest BCUT2D eigenvalue weighted by atomic mass is 10.0. The predicted octanol–water partition coefficient (Wildman–Crippen LogP) is 6.95. The van der Waals surface area contributed by atoms with Crippen LogP contribution in [0.5, 0.6) is 0 Å². The summed E-state index contributed by atoms with van der Waals surface area (Å²) in [5, 5.41) is 10.4. The largest absolute Gasteiger partial charge is 0.478 e. The molecule has 0 amide bonds. The second-order valence-corrected chi connectivity index (χ2v) is 10.6. The van der Waals surface area contributed by atoms with Gasteiger partial charge in [0.05, 0.1) is 16.7 Å². The van der Waals surface area contributed by atoms with Gasteiger partial charge in [0.1, 0.15) is 0 Å². The Labute approximate surface area is 215 Å². The van der Waals surface area contributed by atoms with Gasteiger partial charge in [-0.05, 0) is 60.2 Å². The van der Waals surface area contributed by atoms with Crippen molar-refractivity contribution in [3.63, 3.8) is 0 Å². The van der Waals surface area contributed by atoms with E-state index in [2.05, 4.69) is 6.92 Å². The molecule has 5 nitrogen and oxygen atoms in total. The summed E-state index contributed by atoms with van der Waals surface area (Å²) in [6, 6.07) is 23.9. The number of aryl methyl sites for hydroxylation is 2. The Hall–Kier alpha value is -3.38. The van der Waals surface area contributed by atoms with Crippen molar-refractivity contribution in [2.24, 2.45) is 0 Å². The molecule has 0 aliphatic heterocycles. The lowest BCUT2D eigenvalue weighted by molar-refractivity contribution is 0.0697. The first kappa shape index (κ1) is 27.2. The van der Waals surface area contributed by atoms with Gasteiger partial charge in [-0.2, -0.15) is 0 Å². The fraction of sp³-hybridized carbons (Fsp3) is 0.300. The van der Waals surface area contributed by atoms with E-state index in [1.54, 1.807) is 22.5 Å². The average molecular weight is 506 g/mol. The van der Waals surface area contributed by atoms with E-state index in [1.165, 1.54) is 5.41 Å². The number of anilines is 1. The van der Waals surface area contributed by atoms with Gasteiger partial charge in [-0.15, -0.1) is 0 Å². The maximum Gasteiger partial charge on any atom is 0.335 e. The molecule has 6 heteroatoms. The van der Waals surface area contributed by atoms with Crippen molar-refractivity contribution < 1.29 is 18.3 Å². The van der Waals surface area contributed by atoms with E-state index < -0.39 is 16.0 Å². The molecule has 0 fully saturated rings.